The first-order chi connectivity index (χ1) is 8.76. The second kappa shape index (κ2) is 6.86. The van der Waals surface area contributed by atoms with Crippen molar-refractivity contribution < 1.29 is 13.5 Å². The number of hydrogen-bond donors (Lipinski definition) is 1. The van der Waals surface area contributed by atoms with Crippen molar-refractivity contribution in [1.29, 1.82) is 0 Å². The SMILES string of the molecule is CC(C)=CC[C@]1(CO)CCCN(CCS(C)(=O)=O)C1. The molecular formula is C14H27NO3S. The normalized spacial score (nSPS) is 25.3. The van der Waals surface area contributed by atoms with Crippen LogP contribution in [0.5, 0.6) is 0 Å². The van der Waals surface area contributed by atoms with E-state index in [1.807, 2.05) is 0 Å². The monoisotopic (exact) mass is 289 g/mol. The third-order valence-electron chi connectivity index (χ3n) is 3.80. The van der Waals surface area contributed by atoms with E-state index in [1.165, 1.54) is 11.8 Å². The highest BCUT2D eigenvalue weighted by Gasteiger charge is 2.34. The Balaban J connectivity index is 2.62. The van der Waals surface area contributed by atoms with Gasteiger partial charge in [-0.3, -0.25) is 0 Å². The van der Waals surface area contributed by atoms with Crippen LogP contribution in [0.15, 0.2) is 11.6 Å². The first-order valence-electron chi connectivity index (χ1n) is 6.91. The van der Waals surface area contributed by atoms with Crippen molar-refractivity contribution in [1.82, 2.24) is 4.90 Å². The van der Waals surface area contributed by atoms with Crippen LogP contribution in [0, 0.1) is 5.41 Å². The molecule has 1 rings (SSSR count). The summed E-state index contributed by atoms with van der Waals surface area (Å²) in [5.41, 5.74) is 1.17. The summed E-state index contributed by atoms with van der Waals surface area (Å²) in [6.45, 7) is 6.61. The predicted octanol–water partition coefficient (Wildman–Crippen LogP) is 1.46. The molecule has 112 valence electrons. The van der Waals surface area contributed by atoms with Crippen LogP contribution in [0.25, 0.3) is 0 Å². The molecule has 4 nitrogen and oxygen atoms in total. The van der Waals surface area contributed by atoms with E-state index in [0.29, 0.717) is 6.54 Å². The Kier molecular flexibility index (Phi) is 6.02. The van der Waals surface area contributed by atoms with Gasteiger partial charge < -0.3 is 10.0 Å². The van der Waals surface area contributed by atoms with E-state index in [1.54, 1.807) is 0 Å². The number of sulfone groups is 1. The summed E-state index contributed by atoms with van der Waals surface area (Å²) >= 11 is 0. The molecule has 1 saturated heterocycles. The Hall–Kier alpha value is -0.390. The van der Waals surface area contributed by atoms with E-state index in [-0.39, 0.29) is 17.8 Å². The minimum atomic E-state index is -2.91. The Labute approximate surface area is 117 Å². The van der Waals surface area contributed by atoms with E-state index >= 15 is 0 Å². The van der Waals surface area contributed by atoms with Crippen LogP contribution in [0.1, 0.15) is 33.1 Å². The number of likely N-dealkylation sites (tertiary alicyclic amines) is 1. The standard InChI is InChI=1S/C14H27NO3S/c1-13(2)5-7-14(12-16)6-4-8-15(11-14)9-10-19(3,17)18/h5,16H,4,6-12H2,1-3H3/t14-/m1/s1. The molecule has 0 saturated carbocycles. The molecule has 0 bridgehead atoms. The van der Waals surface area contributed by atoms with Gasteiger partial charge in [0.15, 0.2) is 0 Å². The number of allylic oxidation sites excluding steroid dienone is 2. The molecule has 0 amide bonds. The lowest BCUT2D eigenvalue weighted by molar-refractivity contribution is 0.0371. The van der Waals surface area contributed by atoms with Crippen molar-refractivity contribution in [3.8, 4) is 0 Å². The van der Waals surface area contributed by atoms with Gasteiger partial charge in [0.25, 0.3) is 0 Å². The second-order valence-corrected chi connectivity index (χ2v) is 8.41. The summed E-state index contributed by atoms with van der Waals surface area (Å²) < 4.78 is 22.5. The maximum atomic E-state index is 11.2. The molecule has 0 aromatic carbocycles. The molecule has 1 aliphatic rings. The molecule has 0 aliphatic carbocycles. The first kappa shape index (κ1) is 16.7. The first-order valence-corrected chi connectivity index (χ1v) is 8.97. The van der Waals surface area contributed by atoms with Crippen LogP contribution in [-0.4, -0.2) is 56.7 Å². The van der Waals surface area contributed by atoms with E-state index in [9.17, 15) is 13.5 Å². The van der Waals surface area contributed by atoms with Gasteiger partial charge in [-0.1, -0.05) is 11.6 Å². The highest BCUT2D eigenvalue weighted by Crippen LogP contribution is 2.33. The number of aliphatic hydroxyl groups excluding tert-OH is 1. The average Bonchev–Trinajstić information content (AvgIpc) is 2.34. The molecule has 0 spiro atoms. The number of aliphatic hydroxyl groups is 1. The Morgan fingerprint density at radius 1 is 1.42 bits per heavy atom. The van der Waals surface area contributed by atoms with Crippen molar-refractivity contribution >= 4 is 9.84 Å². The fourth-order valence-corrected chi connectivity index (χ4v) is 3.17. The maximum absolute atomic E-state index is 11.2. The zero-order valence-corrected chi connectivity index (χ0v) is 13.2. The van der Waals surface area contributed by atoms with E-state index in [0.717, 1.165) is 32.4 Å². The van der Waals surface area contributed by atoms with Crippen LogP contribution >= 0.6 is 0 Å². The minimum absolute atomic E-state index is 0.0903. The number of nitrogens with zero attached hydrogens (tertiary/aromatic N) is 1. The van der Waals surface area contributed by atoms with Gasteiger partial charge in [0.1, 0.15) is 9.84 Å². The van der Waals surface area contributed by atoms with Crippen molar-refractivity contribution in [2.75, 3.05) is 38.2 Å². The average molecular weight is 289 g/mol. The van der Waals surface area contributed by atoms with Crippen LogP contribution in [0.3, 0.4) is 0 Å². The van der Waals surface area contributed by atoms with Crippen LogP contribution < -0.4 is 0 Å². The van der Waals surface area contributed by atoms with Gasteiger partial charge in [0, 0.05) is 24.8 Å². The van der Waals surface area contributed by atoms with Crippen molar-refractivity contribution in [3.63, 3.8) is 0 Å². The van der Waals surface area contributed by atoms with Crippen LogP contribution in [0.2, 0.25) is 0 Å². The van der Waals surface area contributed by atoms with E-state index in [2.05, 4.69) is 24.8 Å². The quantitative estimate of drug-likeness (QED) is 0.752. The molecule has 1 fully saturated rings. The molecule has 0 radical (unpaired) electrons. The lowest BCUT2D eigenvalue weighted by Crippen LogP contribution is -2.46. The molecule has 0 aromatic rings. The lowest BCUT2D eigenvalue weighted by atomic mass is 9.77. The van der Waals surface area contributed by atoms with Crippen LogP contribution in [0.4, 0.5) is 0 Å². The molecule has 5 heteroatoms. The molecule has 1 atom stereocenters. The van der Waals surface area contributed by atoms with Crippen molar-refractivity contribution in [3.05, 3.63) is 11.6 Å². The lowest BCUT2D eigenvalue weighted by Gasteiger charge is -2.41. The summed E-state index contributed by atoms with van der Waals surface area (Å²) in [4.78, 5) is 2.18. The summed E-state index contributed by atoms with van der Waals surface area (Å²) in [6.07, 6.45) is 6.38. The maximum Gasteiger partial charge on any atom is 0.148 e. The summed E-state index contributed by atoms with van der Waals surface area (Å²) in [5.74, 6) is 0.206. The molecular weight excluding hydrogens is 262 g/mol. The number of piperidine rings is 1. The topological polar surface area (TPSA) is 57.6 Å². The smallest absolute Gasteiger partial charge is 0.148 e. The number of rotatable bonds is 6. The molecule has 0 aromatic heterocycles. The molecule has 19 heavy (non-hydrogen) atoms. The molecule has 1 heterocycles. The van der Waals surface area contributed by atoms with Crippen molar-refractivity contribution in [2.45, 2.75) is 33.1 Å². The molecule has 1 aliphatic heterocycles. The van der Waals surface area contributed by atoms with Gasteiger partial charge in [-0.15, -0.1) is 0 Å². The summed E-state index contributed by atoms with van der Waals surface area (Å²) in [6, 6.07) is 0. The van der Waals surface area contributed by atoms with Crippen LogP contribution in [-0.2, 0) is 9.84 Å². The Morgan fingerprint density at radius 3 is 2.63 bits per heavy atom. The van der Waals surface area contributed by atoms with E-state index < -0.39 is 9.84 Å². The summed E-state index contributed by atoms with van der Waals surface area (Å²) in [5, 5.41) is 9.73. The zero-order valence-electron chi connectivity index (χ0n) is 12.4. The molecule has 0 unspecified atom stereocenters. The minimum Gasteiger partial charge on any atom is -0.396 e. The zero-order chi connectivity index (χ0) is 14.5. The van der Waals surface area contributed by atoms with Gasteiger partial charge >= 0.3 is 0 Å². The molecule has 1 N–H and O–H groups in total. The summed E-state index contributed by atoms with van der Waals surface area (Å²) in [7, 11) is -2.91. The van der Waals surface area contributed by atoms with Gasteiger partial charge in [-0.2, -0.15) is 0 Å². The Bertz CT molecular complexity index is 412. The predicted molar refractivity (Wildman–Crippen MR) is 79.0 cm³/mol. The van der Waals surface area contributed by atoms with Gasteiger partial charge in [-0.25, -0.2) is 8.42 Å². The highest BCUT2D eigenvalue weighted by molar-refractivity contribution is 7.90. The third kappa shape index (κ3) is 6.06. The highest BCUT2D eigenvalue weighted by atomic mass is 32.2. The van der Waals surface area contributed by atoms with Gasteiger partial charge in [-0.05, 0) is 39.7 Å². The fourth-order valence-electron chi connectivity index (χ4n) is 2.58. The second-order valence-electron chi connectivity index (χ2n) is 6.15. The third-order valence-corrected chi connectivity index (χ3v) is 4.72. The largest absolute Gasteiger partial charge is 0.396 e. The van der Waals surface area contributed by atoms with E-state index in [4.69, 9.17) is 0 Å². The van der Waals surface area contributed by atoms with Crippen molar-refractivity contribution in [2.24, 2.45) is 5.41 Å². The van der Waals surface area contributed by atoms with Gasteiger partial charge in [0.05, 0.1) is 12.4 Å². The fraction of sp³-hybridized carbons (Fsp3) is 0.857. The Morgan fingerprint density at radius 2 is 2.11 bits per heavy atom. The van der Waals surface area contributed by atoms with Gasteiger partial charge in [0.2, 0.25) is 0 Å². The number of hydrogen-bond acceptors (Lipinski definition) is 4.